The number of hydrogen-bond donors (Lipinski definition) is 1. The van der Waals surface area contributed by atoms with E-state index in [9.17, 15) is 14.9 Å². The lowest BCUT2D eigenvalue weighted by molar-refractivity contribution is -0.383. The molecule has 1 N–H and O–H groups in total. The molecule has 34 heavy (non-hydrogen) atoms. The number of hydrogen-bond acceptors (Lipinski definition) is 11. The summed E-state index contributed by atoms with van der Waals surface area (Å²) in [6, 6.07) is 5.90. The highest BCUT2D eigenvalue weighted by molar-refractivity contribution is 5.78. The van der Waals surface area contributed by atoms with Crippen LogP contribution in [-0.2, 0) is 16.1 Å². The number of piperazine rings is 1. The quantitative estimate of drug-likeness (QED) is 0.236. The largest absolute Gasteiger partial charge is 0.464 e. The maximum atomic E-state index is 11.9. The molecule has 4 rings (SSSR count). The summed E-state index contributed by atoms with van der Waals surface area (Å²) in [4.78, 5) is 35.5. The Hall–Kier alpha value is -3.67. The third-order valence-corrected chi connectivity index (χ3v) is 5.66. The summed E-state index contributed by atoms with van der Waals surface area (Å²) in [6.45, 7) is 5.66. The first-order valence-corrected chi connectivity index (χ1v) is 11.3. The Bertz CT molecular complexity index is 1030. The smallest absolute Gasteiger partial charge is 0.353 e. The van der Waals surface area contributed by atoms with E-state index < -0.39 is 10.9 Å². The van der Waals surface area contributed by atoms with Gasteiger partial charge in [-0.05, 0) is 24.1 Å². The van der Waals surface area contributed by atoms with Crippen molar-refractivity contribution in [2.24, 2.45) is 0 Å². The Labute approximate surface area is 197 Å². The standard InChI is InChI=1S/C22H28N6O6/c1-2-3-10-32-19(29)12-23-21-20(28(30)31)22(25-14-24-21)27-8-6-26(7-9-27)13-16-4-5-17-18(11-16)34-15-33-17/h4-5,11,14H,2-3,6-10,12-13,15H2,1H3,(H,23,24,25). The van der Waals surface area contributed by atoms with Crippen molar-refractivity contribution in [3.63, 3.8) is 0 Å². The maximum Gasteiger partial charge on any atom is 0.353 e. The highest BCUT2D eigenvalue weighted by atomic mass is 16.7. The van der Waals surface area contributed by atoms with Gasteiger partial charge in [-0.15, -0.1) is 0 Å². The van der Waals surface area contributed by atoms with Gasteiger partial charge in [-0.1, -0.05) is 19.4 Å². The van der Waals surface area contributed by atoms with E-state index in [2.05, 4.69) is 20.2 Å². The molecule has 0 aliphatic carbocycles. The fourth-order valence-electron chi connectivity index (χ4n) is 3.85. The first-order chi connectivity index (χ1) is 16.5. The van der Waals surface area contributed by atoms with Crippen LogP contribution in [0.25, 0.3) is 0 Å². The number of fused-ring (bicyclic) bond motifs is 1. The Balaban J connectivity index is 1.37. The number of nitrogens with one attached hydrogen (secondary N) is 1. The molecule has 12 nitrogen and oxygen atoms in total. The summed E-state index contributed by atoms with van der Waals surface area (Å²) in [7, 11) is 0. The number of carbonyl (C=O) groups is 1. The van der Waals surface area contributed by atoms with Crippen molar-refractivity contribution in [3.8, 4) is 11.5 Å². The predicted octanol–water partition coefficient (Wildman–Crippen LogP) is 2.19. The first-order valence-electron chi connectivity index (χ1n) is 11.3. The molecule has 1 aromatic heterocycles. The molecule has 2 aliphatic rings. The lowest BCUT2D eigenvalue weighted by atomic mass is 10.1. The maximum absolute atomic E-state index is 11.9. The van der Waals surface area contributed by atoms with Crippen LogP contribution >= 0.6 is 0 Å². The fraction of sp³-hybridized carbons (Fsp3) is 0.500. The molecule has 2 aliphatic heterocycles. The SMILES string of the molecule is CCCCOC(=O)CNc1ncnc(N2CCN(Cc3ccc4c(c3)OCO4)CC2)c1[N+](=O)[O-]. The number of aromatic nitrogens is 2. The molecule has 1 fully saturated rings. The van der Waals surface area contributed by atoms with Crippen LogP contribution in [0.15, 0.2) is 24.5 Å². The number of nitrogens with zero attached hydrogens (tertiary/aromatic N) is 5. The molecule has 182 valence electrons. The number of rotatable bonds is 10. The van der Waals surface area contributed by atoms with Crippen LogP contribution < -0.4 is 19.7 Å². The average Bonchev–Trinajstić information content (AvgIpc) is 3.31. The molecule has 0 amide bonds. The van der Waals surface area contributed by atoms with Gasteiger partial charge in [0.15, 0.2) is 11.5 Å². The van der Waals surface area contributed by atoms with Gasteiger partial charge in [-0.25, -0.2) is 9.97 Å². The molecule has 0 spiro atoms. The van der Waals surface area contributed by atoms with Crippen molar-refractivity contribution >= 4 is 23.3 Å². The third kappa shape index (κ3) is 5.63. The van der Waals surface area contributed by atoms with E-state index in [1.165, 1.54) is 6.33 Å². The Morgan fingerprint density at radius 2 is 2.00 bits per heavy atom. The second-order valence-electron chi connectivity index (χ2n) is 8.03. The number of anilines is 2. The molecular weight excluding hydrogens is 444 g/mol. The van der Waals surface area contributed by atoms with Gasteiger partial charge in [0, 0.05) is 32.7 Å². The minimum absolute atomic E-state index is 0.00484. The molecule has 1 saturated heterocycles. The predicted molar refractivity (Wildman–Crippen MR) is 123 cm³/mol. The summed E-state index contributed by atoms with van der Waals surface area (Å²) in [6.07, 6.45) is 2.95. The van der Waals surface area contributed by atoms with Crippen LogP contribution in [0.1, 0.15) is 25.3 Å². The number of carbonyl (C=O) groups excluding carboxylic acids is 1. The minimum atomic E-state index is -0.515. The van der Waals surface area contributed by atoms with Gasteiger partial charge in [0.25, 0.3) is 0 Å². The zero-order valence-electron chi connectivity index (χ0n) is 19.1. The normalized spacial score (nSPS) is 15.3. The molecule has 12 heteroatoms. The lowest BCUT2D eigenvalue weighted by Gasteiger charge is -2.35. The van der Waals surface area contributed by atoms with Gasteiger partial charge in [0.2, 0.25) is 18.4 Å². The van der Waals surface area contributed by atoms with Gasteiger partial charge >= 0.3 is 11.7 Å². The van der Waals surface area contributed by atoms with Gasteiger partial charge in [-0.3, -0.25) is 19.8 Å². The highest BCUT2D eigenvalue weighted by Gasteiger charge is 2.29. The Morgan fingerprint density at radius 3 is 2.76 bits per heavy atom. The van der Waals surface area contributed by atoms with Gasteiger partial charge in [-0.2, -0.15) is 0 Å². The molecule has 3 heterocycles. The number of unbranched alkanes of at least 4 members (excludes halogenated alkanes) is 1. The van der Waals surface area contributed by atoms with Crippen LogP contribution in [0, 0.1) is 10.1 Å². The number of ether oxygens (including phenoxy) is 3. The van der Waals surface area contributed by atoms with Crippen LogP contribution in [0.4, 0.5) is 17.3 Å². The molecule has 0 radical (unpaired) electrons. The van der Waals surface area contributed by atoms with Crippen LogP contribution in [0.3, 0.4) is 0 Å². The average molecular weight is 473 g/mol. The van der Waals surface area contributed by atoms with E-state index >= 15 is 0 Å². The molecular formula is C22H28N6O6. The zero-order valence-corrected chi connectivity index (χ0v) is 19.1. The molecule has 0 bridgehead atoms. The van der Waals surface area contributed by atoms with Crippen LogP contribution in [0.2, 0.25) is 0 Å². The third-order valence-electron chi connectivity index (χ3n) is 5.66. The molecule has 2 aromatic rings. The lowest BCUT2D eigenvalue weighted by Crippen LogP contribution is -2.46. The van der Waals surface area contributed by atoms with Crippen molar-refractivity contribution in [3.05, 3.63) is 40.2 Å². The Kier molecular flexibility index (Phi) is 7.58. The second-order valence-corrected chi connectivity index (χ2v) is 8.03. The second kappa shape index (κ2) is 11.0. The summed E-state index contributed by atoms with van der Waals surface area (Å²) < 4.78 is 15.9. The minimum Gasteiger partial charge on any atom is -0.464 e. The van der Waals surface area contributed by atoms with Crippen LogP contribution in [0.5, 0.6) is 11.5 Å². The van der Waals surface area contributed by atoms with Crippen LogP contribution in [-0.4, -0.2) is 71.9 Å². The molecule has 0 saturated carbocycles. The number of nitro groups is 1. The molecule has 0 atom stereocenters. The van der Waals surface area contributed by atoms with E-state index in [0.717, 1.165) is 36.4 Å². The van der Waals surface area contributed by atoms with E-state index in [1.807, 2.05) is 30.0 Å². The van der Waals surface area contributed by atoms with Crippen molar-refractivity contribution in [2.75, 3.05) is 56.3 Å². The zero-order chi connectivity index (χ0) is 23.9. The van der Waals surface area contributed by atoms with Gasteiger partial charge < -0.3 is 24.4 Å². The van der Waals surface area contributed by atoms with E-state index in [1.54, 1.807) is 0 Å². The van der Waals surface area contributed by atoms with Crippen molar-refractivity contribution in [1.82, 2.24) is 14.9 Å². The van der Waals surface area contributed by atoms with Gasteiger partial charge in [0.1, 0.15) is 12.9 Å². The van der Waals surface area contributed by atoms with Crippen molar-refractivity contribution < 1.29 is 23.9 Å². The first kappa shape index (κ1) is 23.5. The van der Waals surface area contributed by atoms with E-state index in [-0.39, 0.29) is 30.7 Å². The monoisotopic (exact) mass is 472 g/mol. The van der Waals surface area contributed by atoms with Gasteiger partial charge in [0.05, 0.1) is 11.5 Å². The highest BCUT2D eigenvalue weighted by Crippen LogP contribution is 2.34. The van der Waals surface area contributed by atoms with E-state index in [0.29, 0.717) is 32.8 Å². The van der Waals surface area contributed by atoms with Crippen molar-refractivity contribution in [2.45, 2.75) is 26.3 Å². The summed E-state index contributed by atoms with van der Waals surface area (Å²) in [5.74, 6) is 1.26. The topological polar surface area (TPSA) is 132 Å². The summed E-state index contributed by atoms with van der Waals surface area (Å²) in [5.41, 5.74) is 0.871. The van der Waals surface area contributed by atoms with E-state index in [4.69, 9.17) is 14.2 Å². The molecule has 0 unspecified atom stereocenters. The van der Waals surface area contributed by atoms with Crippen molar-refractivity contribution in [1.29, 1.82) is 0 Å². The molecule has 1 aromatic carbocycles. The summed E-state index contributed by atoms with van der Waals surface area (Å²) >= 11 is 0. The number of benzene rings is 1. The Morgan fingerprint density at radius 1 is 1.21 bits per heavy atom. The summed E-state index contributed by atoms with van der Waals surface area (Å²) in [5, 5.41) is 14.6. The fourth-order valence-corrected chi connectivity index (χ4v) is 3.85. The number of esters is 1.